The summed E-state index contributed by atoms with van der Waals surface area (Å²) in [7, 11) is -3.46. The first-order valence-corrected chi connectivity index (χ1v) is 12.5. The van der Waals surface area contributed by atoms with E-state index in [1.807, 2.05) is 6.07 Å². The summed E-state index contributed by atoms with van der Waals surface area (Å²) in [6, 6.07) is 9.23. The Hall–Kier alpha value is -1.44. The van der Waals surface area contributed by atoms with Crippen LogP contribution in [0, 0.1) is 5.92 Å². The van der Waals surface area contributed by atoms with E-state index in [-0.39, 0.29) is 11.8 Å². The van der Waals surface area contributed by atoms with Crippen LogP contribution in [-0.4, -0.2) is 62.3 Å². The summed E-state index contributed by atoms with van der Waals surface area (Å²) >= 11 is 0. The second-order valence-electron chi connectivity index (χ2n) is 8.23. The van der Waals surface area contributed by atoms with Gasteiger partial charge in [0.25, 0.3) is 0 Å². The number of piperidine rings is 2. The molecule has 1 amide bonds. The molecule has 1 unspecified atom stereocenters. The SMILES string of the molecule is CCC1CCCCN1CCCNC(=O)C1CCN(S(=O)(=O)c2ccccc2)CC1. The Morgan fingerprint density at radius 3 is 2.48 bits per heavy atom. The number of sulfonamides is 1. The molecule has 0 aromatic heterocycles. The summed E-state index contributed by atoms with van der Waals surface area (Å²) in [5.41, 5.74) is 0. The van der Waals surface area contributed by atoms with Gasteiger partial charge in [-0.1, -0.05) is 31.5 Å². The van der Waals surface area contributed by atoms with Crippen molar-refractivity contribution in [2.24, 2.45) is 5.92 Å². The van der Waals surface area contributed by atoms with Crippen LogP contribution in [0.15, 0.2) is 35.2 Å². The second-order valence-corrected chi connectivity index (χ2v) is 10.2. The monoisotopic (exact) mass is 421 g/mol. The van der Waals surface area contributed by atoms with Gasteiger partial charge in [-0.3, -0.25) is 4.79 Å². The molecule has 29 heavy (non-hydrogen) atoms. The van der Waals surface area contributed by atoms with E-state index in [2.05, 4.69) is 17.1 Å². The van der Waals surface area contributed by atoms with E-state index in [0.717, 1.165) is 13.0 Å². The van der Waals surface area contributed by atoms with Crippen LogP contribution in [0.2, 0.25) is 0 Å². The van der Waals surface area contributed by atoms with Gasteiger partial charge in [-0.05, 0) is 57.2 Å². The zero-order valence-electron chi connectivity index (χ0n) is 17.6. The van der Waals surface area contributed by atoms with Gasteiger partial charge in [0.1, 0.15) is 0 Å². The fraction of sp³-hybridized carbons (Fsp3) is 0.682. The van der Waals surface area contributed by atoms with Crippen molar-refractivity contribution in [2.75, 3.05) is 32.7 Å². The van der Waals surface area contributed by atoms with Crippen molar-refractivity contribution in [2.45, 2.75) is 62.8 Å². The number of likely N-dealkylation sites (tertiary alicyclic amines) is 1. The van der Waals surface area contributed by atoms with Crippen LogP contribution in [0.1, 0.15) is 51.9 Å². The minimum absolute atomic E-state index is 0.0763. The van der Waals surface area contributed by atoms with Gasteiger partial charge in [0.2, 0.25) is 15.9 Å². The molecule has 1 atom stereocenters. The lowest BCUT2D eigenvalue weighted by molar-refractivity contribution is -0.126. The average molecular weight is 422 g/mol. The summed E-state index contributed by atoms with van der Waals surface area (Å²) in [4.78, 5) is 15.4. The van der Waals surface area contributed by atoms with Crippen LogP contribution in [0.3, 0.4) is 0 Å². The highest BCUT2D eigenvalue weighted by atomic mass is 32.2. The van der Waals surface area contributed by atoms with Crippen LogP contribution in [0.4, 0.5) is 0 Å². The minimum atomic E-state index is -3.46. The van der Waals surface area contributed by atoms with Crippen molar-refractivity contribution < 1.29 is 13.2 Å². The summed E-state index contributed by atoms with van der Waals surface area (Å²) in [5.74, 6) is -0.0111. The topological polar surface area (TPSA) is 69.7 Å². The molecule has 7 heteroatoms. The number of hydrogen-bond donors (Lipinski definition) is 1. The molecule has 3 rings (SSSR count). The van der Waals surface area contributed by atoms with Crippen molar-refractivity contribution in [3.05, 3.63) is 30.3 Å². The number of hydrogen-bond acceptors (Lipinski definition) is 4. The molecular weight excluding hydrogens is 386 g/mol. The first-order valence-electron chi connectivity index (χ1n) is 11.1. The lowest BCUT2D eigenvalue weighted by Gasteiger charge is -2.35. The number of benzene rings is 1. The van der Waals surface area contributed by atoms with Crippen molar-refractivity contribution in [3.63, 3.8) is 0 Å². The highest BCUT2D eigenvalue weighted by molar-refractivity contribution is 7.89. The highest BCUT2D eigenvalue weighted by Gasteiger charge is 2.31. The standard InChI is InChI=1S/C22H35N3O3S/c1-2-20-9-6-7-15-24(20)16-8-14-23-22(26)19-12-17-25(18-13-19)29(27,28)21-10-4-3-5-11-21/h3-5,10-11,19-20H,2,6-9,12-18H2,1H3,(H,23,26). The van der Waals surface area contributed by atoms with Crippen LogP contribution < -0.4 is 5.32 Å². The Balaban J connectivity index is 1.39. The third-order valence-corrected chi connectivity index (χ3v) is 8.26. The average Bonchev–Trinajstić information content (AvgIpc) is 2.77. The van der Waals surface area contributed by atoms with Crippen molar-refractivity contribution in [1.29, 1.82) is 0 Å². The van der Waals surface area contributed by atoms with Crippen LogP contribution >= 0.6 is 0 Å². The van der Waals surface area contributed by atoms with Gasteiger partial charge in [-0.15, -0.1) is 0 Å². The number of nitrogens with zero attached hydrogens (tertiary/aromatic N) is 2. The van der Waals surface area contributed by atoms with Crippen molar-refractivity contribution in [1.82, 2.24) is 14.5 Å². The zero-order valence-corrected chi connectivity index (χ0v) is 18.4. The third kappa shape index (κ3) is 5.80. The Kier molecular flexibility index (Phi) is 8.09. The lowest BCUT2D eigenvalue weighted by atomic mass is 9.97. The highest BCUT2D eigenvalue weighted by Crippen LogP contribution is 2.24. The number of rotatable bonds is 8. The first-order chi connectivity index (χ1) is 14.0. The Bertz CT molecular complexity index is 746. The minimum Gasteiger partial charge on any atom is -0.356 e. The van der Waals surface area contributed by atoms with E-state index in [1.54, 1.807) is 24.3 Å². The number of nitrogens with one attached hydrogen (secondary N) is 1. The Labute approximate surface area is 175 Å². The predicted octanol–water partition coefficient (Wildman–Crippen LogP) is 2.86. The molecule has 1 N–H and O–H groups in total. The summed E-state index contributed by atoms with van der Waals surface area (Å²) < 4.78 is 26.9. The molecule has 2 heterocycles. The molecule has 6 nitrogen and oxygen atoms in total. The van der Waals surface area contributed by atoms with E-state index in [0.29, 0.717) is 43.4 Å². The maximum absolute atomic E-state index is 12.7. The lowest BCUT2D eigenvalue weighted by Crippen LogP contribution is -2.44. The molecule has 0 spiro atoms. The molecule has 0 bridgehead atoms. The molecule has 2 aliphatic rings. The molecule has 1 aromatic carbocycles. The molecule has 1 aromatic rings. The number of carbonyl (C=O) groups excluding carboxylic acids is 1. The Morgan fingerprint density at radius 2 is 1.79 bits per heavy atom. The maximum Gasteiger partial charge on any atom is 0.243 e. The largest absolute Gasteiger partial charge is 0.356 e. The van der Waals surface area contributed by atoms with Gasteiger partial charge in [0, 0.05) is 38.1 Å². The third-order valence-electron chi connectivity index (χ3n) is 6.35. The molecule has 2 fully saturated rings. The molecule has 162 valence electrons. The number of amides is 1. The van der Waals surface area contributed by atoms with Crippen LogP contribution in [0.5, 0.6) is 0 Å². The fourth-order valence-electron chi connectivity index (χ4n) is 4.55. The molecule has 0 saturated carbocycles. The van der Waals surface area contributed by atoms with Gasteiger partial charge >= 0.3 is 0 Å². The second kappa shape index (κ2) is 10.5. The molecule has 0 aliphatic carbocycles. The summed E-state index contributed by atoms with van der Waals surface area (Å²) in [5, 5.41) is 3.08. The van der Waals surface area contributed by atoms with Gasteiger partial charge in [-0.25, -0.2) is 8.42 Å². The van der Waals surface area contributed by atoms with Gasteiger partial charge in [-0.2, -0.15) is 4.31 Å². The molecule has 0 radical (unpaired) electrons. The molecule has 2 saturated heterocycles. The van der Waals surface area contributed by atoms with E-state index in [4.69, 9.17) is 0 Å². The summed E-state index contributed by atoms with van der Waals surface area (Å²) in [6.45, 7) is 6.00. The smallest absolute Gasteiger partial charge is 0.243 e. The van der Waals surface area contributed by atoms with E-state index in [9.17, 15) is 13.2 Å². The van der Waals surface area contributed by atoms with Gasteiger partial charge in [0.15, 0.2) is 0 Å². The van der Waals surface area contributed by atoms with Crippen LogP contribution in [0.25, 0.3) is 0 Å². The van der Waals surface area contributed by atoms with Gasteiger partial charge in [0.05, 0.1) is 4.90 Å². The molecule has 2 aliphatic heterocycles. The zero-order chi connectivity index (χ0) is 20.7. The Morgan fingerprint density at radius 1 is 1.07 bits per heavy atom. The normalized spacial score (nSPS) is 22.4. The van der Waals surface area contributed by atoms with Crippen LogP contribution in [-0.2, 0) is 14.8 Å². The van der Waals surface area contributed by atoms with E-state index < -0.39 is 10.0 Å². The van der Waals surface area contributed by atoms with Crippen molar-refractivity contribution in [3.8, 4) is 0 Å². The van der Waals surface area contributed by atoms with Crippen molar-refractivity contribution >= 4 is 15.9 Å². The molecular formula is C22H35N3O3S. The predicted molar refractivity (Wildman–Crippen MR) is 115 cm³/mol. The van der Waals surface area contributed by atoms with E-state index >= 15 is 0 Å². The number of carbonyl (C=O) groups is 1. The first kappa shape index (κ1) is 22.2. The quantitative estimate of drug-likeness (QED) is 0.656. The summed E-state index contributed by atoms with van der Waals surface area (Å²) in [6.07, 6.45) is 7.27. The van der Waals surface area contributed by atoms with E-state index in [1.165, 1.54) is 36.5 Å². The fourth-order valence-corrected chi connectivity index (χ4v) is 6.05. The maximum atomic E-state index is 12.7. The van der Waals surface area contributed by atoms with Gasteiger partial charge < -0.3 is 10.2 Å².